The Morgan fingerprint density at radius 1 is 1.31 bits per heavy atom. The van der Waals surface area contributed by atoms with Crippen LogP contribution in [0.1, 0.15) is 18.4 Å². The van der Waals surface area contributed by atoms with Crippen LogP contribution < -0.4 is 0 Å². The van der Waals surface area contributed by atoms with Gasteiger partial charge in [-0.15, -0.1) is 0 Å². The van der Waals surface area contributed by atoms with Gasteiger partial charge in [0.05, 0.1) is 0 Å². The van der Waals surface area contributed by atoms with Crippen LogP contribution in [-0.2, 0) is 11.2 Å². The maximum Gasteiger partial charge on any atom is 0.145 e. The van der Waals surface area contributed by atoms with Gasteiger partial charge in [-0.1, -0.05) is 41.9 Å². The molecule has 0 spiro atoms. The molecular formula is C11H13ClO. The zero-order valence-electron chi connectivity index (χ0n) is 7.50. The van der Waals surface area contributed by atoms with Gasteiger partial charge in [-0.2, -0.15) is 0 Å². The summed E-state index contributed by atoms with van der Waals surface area (Å²) in [6, 6.07) is 10.3. The first-order valence-corrected chi connectivity index (χ1v) is 5.03. The van der Waals surface area contributed by atoms with E-state index in [1.807, 2.05) is 18.2 Å². The second-order valence-electron chi connectivity index (χ2n) is 3.50. The molecule has 1 atom stereocenters. The zero-order chi connectivity index (χ0) is 9.15. The van der Waals surface area contributed by atoms with Gasteiger partial charge < -0.3 is 4.74 Å². The molecule has 1 saturated heterocycles. The number of hydrogen-bond acceptors (Lipinski definition) is 1. The van der Waals surface area contributed by atoms with Crippen LogP contribution in [0.15, 0.2) is 30.3 Å². The summed E-state index contributed by atoms with van der Waals surface area (Å²) in [5.74, 6) is 0. The fourth-order valence-electron chi connectivity index (χ4n) is 1.70. The lowest BCUT2D eigenvalue weighted by Crippen LogP contribution is -2.22. The highest BCUT2D eigenvalue weighted by molar-refractivity contribution is 6.23. The van der Waals surface area contributed by atoms with Crippen LogP contribution >= 0.6 is 11.6 Å². The van der Waals surface area contributed by atoms with Gasteiger partial charge in [0, 0.05) is 13.0 Å². The first-order valence-electron chi connectivity index (χ1n) is 4.65. The van der Waals surface area contributed by atoms with Crippen molar-refractivity contribution in [3.05, 3.63) is 35.9 Å². The minimum absolute atomic E-state index is 0.429. The van der Waals surface area contributed by atoms with Crippen molar-refractivity contribution in [2.75, 3.05) is 6.61 Å². The van der Waals surface area contributed by atoms with Crippen LogP contribution in [-0.4, -0.2) is 11.7 Å². The van der Waals surface area contributed by atoms with Gasteiger partial charge in [-0.3, -0.25) is 0 Å². The summed E-state index contributed by atoms with van der Waals surface area (Å²) in [6.45, 7) is 0.802. The molecule has 1 aliphatic rings. The molecule has 13 heavy (non-hydrogen) atoms. The number of ether oxygens (including phenoxy) is 1. The summed E-state index contributed by atoms with van der Waals surface area (Å²) in [5.41, 5.74) is 1.25. The quantitative estimate of drug-likeness (QED) is 0.661. The van der Waals surface area contributed by atoms with Gasteiger partial charge in [0.2, 0.25) is 0 Å². The Morgan fingerprint density at radius 2 is 2.08 bits per heavy atom. The van der Waals surface area contributed by atoms with Gasteiger partial charge in [0.15, 0.2) is 0 Å². The number of halogens is 1. The largest absolute Gasteiger partial charge is 0.359 e. The zero-order valence-corrected chi connectivity index (χ0v) is 8.26. The van der Waals surface area contributed by atoms with Crippen LogP contribution in [0.4, 0.5) is 0 Å². The van der Waals surface area contributed by atoms with Crippen molar-refractivity contribution in [1.82, 2.24) is 0 Å². The van der Waals surface area contributed by atoms with E-state index in [-0.39, 0.29) is 0 Å². The molecule has 0 saturated carbocycles. The van der Waals surface area contributed by atoms with Gasteiger partial charge in [-0.25, -0.2) is 0 Å². The molecule has 0 aliphatic carbocycles. The standard InChI is InChI=1S/C11H13ClO/c12-11(7-4-8-13-11)9-10-5-2-1-3-6-10/h1-3,5-6H,4,7-9H2. The fourth-order valence-corrected chi connectivity index (χ4v) is 2.07. The van der Waals surface area contributed by atoms with E-state index in [9.17, 15) is 0 Å². The first-order chi connectivity index (χ1) is 6.29. The predicted octanol–water partition coefficient (Wildman–Crippen LogP) is 2.97. The Bertz CT molecular complexity index is 265. The third-order valence-electron chi connectivity index (χ3n) is 2.37. The Hall–Kier alpha value is -0.530. The maximum absolute atomic E-state index is 6.28. The van der Waals surface area contributed by atoms with Crippen molar-refractivity contribution in [1.29, 1.82) is 0 Å². The lowest BCUT2D eigenvalue weighted by Gasteiger charge is -2.19. The second-order valence-corrected chi connectivity index (χ2v) is 4.19. The highest BCUT2D eigenvalue weighted by Crippen LogP contribution is 2.33. The van der Waals surface area contributed by atoms with E-state index >= 15 is 0 Å². The van der Waals surface area contributed by atoms with E-state index in [4.69, 9.17) is 16.3 Å². The molecule has 1 aromatic rings. The van der Waals surface area contributed by atoms with Gasteiger partial charge in [0.1, 0.15) is 5.06 Å². The molecule has 2 rings (SSSR count). The lowest BCUT2D eigenvalue weighted by molar-refractivity contribution is 0.0754. The third kappa shape index (κ3) is 2.23. The number of rotatable bonds is 2. The first kappa shape index (κ1) is 9.04. The van der Waals surface area contributed by atoms with Crippen LogP contribution in [0.2, 0.25) is 0 Å². The Labute approximate surface area is 83.7 Å². The van der Waals surface area contributed by atoms with E-state index in [0.29, 0.717) is 0 Å². The normalized spacial score (nSPS) is 27.8. The average molecular weight is 197 g/mol. The minimum atomic E-state index is -0.429. The van der Waals surface area contributed by atoms with Crippen molar-refractivity contribution < 1.29 is 4.74 Å². The Morgan fingerprint density at radius 3 is 2.69 bits per heavy atom. The molecule has 0 aromatic heterocycles. The summed E-state index contributed by atoms with van der Waals surface area (Å²) in [4.78, 5) is 0. The SMILES string of the molecule is ClC1(Cc2ccccc2)CCCO1. The summed E-state index contributed by atoms with van der Waals surface area (Å²) in [7, 11) is 0. The summed E-state index contributed by atoms with van der Waals surface area (Å²) < 4.78 is 5.51. The highest BCUT2D eigenvalue weighted by Gasteiger charge is 2.32. The summed E-state index contributed by atoms with van der Waals surface area (Å²) in [5, 5.41) is -0.429. The fraction of sp³-hybridized carbons (Fsp3) is 0.455. The molecule has 2 heteroatoms. The van der Waals surface area contributed by atoms with E-state index in [0.717, 1.165) is 25.9 Å². The molecule has 1 nitrogen and oxygen atoms in total. The van der Waals surface area contributed by atoms with Gasteiger partial charge >= 0.3 is 0 Å². The molecule has 1 fully saturated rings. The molecule has 1 heterocycles. The highest BCUT2D eigenvalue weighted by atomic mass is 35.5. The molecule has 1 aliphatic heterocycles. The average Bonchev–Trinajstić information content (AvgIpc) is 2.54. The third-order valence-corrected chi connectivity index (χ3v) is 2.80. The monoisotopic (exact) mass is 196 g/mol. The van der Waals surface area contributed by atoms with Crippen molar-refractivity contribution in [3.63, 3.8) is 0 Å². The smallest absolute Gasteiger partial charge is 0.145 e. The van der Waals surface area contributed by atoms with E-state index in [1.165, 1.54) is 5.56 Å². The van der Waals surface area contributed by atoms with Crippen molar-refractivity contribution >= 4 is 11.6 Å². The molecule has 70 valence electrons. The summed E-state index contributed by atoms with van der Waals surface area (Å²) >= 11 is 6.28. The molecule has 0 N–H and O–H groups in total. The molecule has 1 aromatic carbocycles. The number of hydrogen-bond donors (Lipinski definition) is 0. The van der Waals surface area contributed by atoms with Crippen LogP contribution in [0, 0.1) is 0 Å². The van der Waals surface area contributed by atoms with Gasteiger partial charge in [0.25, 0.3) is 0 Å². The molecule has 0 amide bonds. The van der Waals surface area contributed by atoms with Crippen molar-refractivity contribution in [2.24, 2.45) is 0 Å². The molecule has 0 bridgehead atoms. The van der Waals surface area contributed by atoms with Crippen molar-refractivity contribution in [3.8, 4) is 0 Å². The van der Waals surface area contributed by atoms with Crippen LogP contribution in [0.5, 0.6) is 0 Å². The van der Waals surface area contributed by atoms with E-state index in [2.05, 4.69) is 12.1 Å². The number of benzene rings is 1. The second kappa shape index (κ2) is 3.69. The Balaban J connectivity index is 2.05. The number of alkyl halides is 1. The minimum Gasteiger partial charge on any atom is -0.359 e. The van der Waals surface area contributed by atoms with Crippen LogP contribution in [0.3, 0.4) is 0 Å². The van der Waals surface area contributed by atoms with E-state index in [1.54, 1.807) is 0 Å². The summed E-state index contributed by atoms with van der Waals surface area (Å²) in [6.07, 6.45) is 2.86. The molecular weight excluding hydrogens is 184 g/mol. The molecule has 1 unspecified atom stereocenters. The topological polar surface area (TPSA) is 9.23 Å². The van der Waals surface area contributed by atoms with E-state index < -0.39 is 5.06 Å². The van der Waals surface area contributed by atoms with Crippen LogP contribution in [0.25, 0.3) is 0 Å². The van der Waals surface area contributed by atoms with Crippen molar-refractivity contribution in [2.45, 2.75) is 24.3 Å². The lowest BCUT2D eigenvalue weighted by atomic mass is 10.1. The van der Waals surface area contributed by atoms with Gasteiger partial charge in [-0.05, 0) is 18.4 Å². The predicted molar refractivity (Wildman–Crippen MR) is 53.9 cm³/mol. The molecule has 0 radical (unpaired) electrons. The Kier molecular flexibility index (Phi) is 2.56. The maximum atomic E-state index is 6.28.